The largest absolute Gasteiger partial charge is 0.367 e. The number of carbonyl (C=O) groups is 1. The van der Waals surface area contributed by atoms with E-state index in [1.807, 2.05) is 29.2 Å². The number of nitrogens with one attached hydrogen (secondary N) is 1. The highest BCUT2D eigenvalue weighted by molar-refractivity contribution is 5.73. The Labute approximate surface area is 155 Å². The number of amides is 1. The summed E-state index contributed by atoms with van der Waals surface area (Å²) in [5.74, 6) is 1.69. The molecule has 1 aromatic carbocycles. The van der Waals surface area contributed by atoms with Gasteiger partial charge in [-0.3, -0.25) is 4.79 Å². The lowest BCUT2D eigenvalue weighted by Gasteiger charge is -2.34. The minimum atomic E-state index is 0.128. The second kappa shape index (κ2) is 8.17. The molecule has 1 fully saturated rings. The van der Waals surface area contributed by atoms with E-state index in [4.69, 9.17) is 9.97 Å². The summed E-state index contributed by atoms with van der Waals surface area (Å²) in [5, 5.41) is 3.47. The number of piperazine rings is 1. The third-order valence-electron chi connectivity index (χ3n) is 4.80. The molecule has 0 radical (unpaired) electrons. The first kappa shape index (κ1) is 18.2. The lowest BCUT2D eigenvalue weighted by Crippen LogP contribution is -2.48. The molecule has 0 bridgehead atoms. The lowest BCUT2D eigenvalue weighted by atomic mass is 10.1. The van der Waals surface area contributed by atoms with Crippen LogP contribution in [-0.4, -0.2) is 53.0 Å². The monoisotopic (exact) mass is 353 g/mol. The van der Waals surface area contributed by atoms with Crippen LogP contribution in [0, 0.1) is 0 Å². The maximum absolute atomic E-state index is 11.6. The van der Waals surface area contributed by atoms with Gasteiger partial charge in [0.15, 0.2) is 0 Å². The summed E-state index contributed by atoms with van der Waals surface area (Å²) < 4.78 is 0. The molecule has 0 saturated carbocycles. The van der Waals surface area contributed by atoms with Crippen molar-refractivity contribution in [2.45, 2.75) is 33.2 Å². The van der Waals surface area contributed by atoms with Gasteiger partial charge < -0.3 is 15.1 Å². The molecule has 2 aromatic rings. The Balaban J connectivity index is 1.89. The molecule has 6 nitrogen and oxygen atoms in total. The number of aromatic nitrogens is 2. The van der Waals surface area contributed by atoms with Crippen molar-refractivity contribution in [2.24, 2.45) is 0 Å². The minimum absolute atomic E-state index is 0.128. The molecule has 138 valence electrons. The van der Waals surface area contributed by atoms with E-state index in [0.29, 0.717) is 19.1 Å². The molecule has 26 heavy (non-hydrogen) atoms. The zero-order valence-electron chi connectivity index (χ0n) is 15.8. The Morgan fingerprint density at radius 1 is 1.15 bits per heavy atom. The average molecular weight is 353 g/mol. The summed E-state index contributed by atoms with van der Waals surface area (Å²) >= 11 is 0. The maximum Gasteiger partial charge on any atom is 0.227 e. The van der Waals surface area contributed by atoms with Crippen molar-refractivity contribution >= 4 is 17.7 Å². The van der Waals surface area contributed by atoms with Gasteiger partial charge >= 0.3 is 0 Å². The van der Waals surface area contributed by atoms with Crippen molar-refractivity contribution in [2.75, 3.05) is 36.4 Å². The number of anilines is 2. The van der Waals surface area contributed by atoms with E-state index in [9.17, 15) is 4.79 Å². The van der Waals surface area contributed by atoms with Gasteiger partial charge in [-0.25, -0.2) is 4.98 Å². The minimum Gasteiger partial charge on any atom is -0.367 e. The van der Waals surface area contributed by atoms with E-state index >= 15 is 0 Å². The van der Waals surface area contributed by atoms with Crippen LogP contribution in [0.2, 0.25) is 0 Å². The first-order valence-corrected chi connectivity index (χ1v) is 9.28. The quantitative estimate of drug-likeness (QED) is 0.895. The highest BCUT2D eigenvalue weighted by Gasteiger charge is 2.21. The molecule has 0 spiro atoms. The molecule has 3 rings (SSSR count). The standard InChI is InChI=1S/C20H27N5O/c1-4-15(2)21-19-14-18(17-8-6-5-7-9-17)22-20(23-19)25-12-10-24(11-13-25)16(3)26/h5-9,14-15H,4,10-13H2,1-3H3,(H,21,22,23). The van der Waals surface area contributed by atoms with E-state index < -0.39 is 0 Å². The number of benzene rings is 1. The highest BCUT2D eigenvalue weighted by Crippen LogP contribution is 2.24. The van der Waals surface area contributed by atoms with Crippen LogP contribution in [0.15, 0.2) is 36.4 Å². The van der Waals surface area contributed by atoms with Crippen LogP contribution in [0.1, 0.15) is 27.2 Å². The van der Waals surface area contributed by atoms with Crippen LogP contribution in [0.3, 0.4) is 0 Å². The molecule has 1 unspecified atom stereocenters. The third-order valence-corrected chi connectivity index (χ3v) is 4.80. The van der Waals surface area contributed by atoms with Crippen LogP contribution < -0.4 is 10.2 Å². The highest BCUT2D eigenvalue weighted by atomic mass is 16.2. The van der Waals surface area contributed by atoms with Crippen molar-refractivity contribution in [3.8, 4) is 11.3 Å². The van der Waals surface area contributed by atoms with Crippen molar-refractivity contribution in [1.29, 1.82) is 0 Å². The van der Waals surface area contributed by atoms with Crippen LogP contribution in [0.25, 0.3) is 11.3 Å². The molecule has 1 atom stereocenters. The summed E-state index contributed by atoms with van der Waals surface area (Å²) in [7, 11) is 0. The smallest absolute Gasteiger partial charge is 0.227 e. The molecule has 1 aliphatic rings. The SMILES string of the molecule is CCC(C)Nc1cc(-c2ccccc2)nc(N2CCN(C(C)=O)CC2)n1. The van der Waals surface area contributed by atoms with Gasteiger partial charge in [0, 0.05) is 50.8 Å². The fraction of sp³-hybridized carbons (Fsp3) is 0.450. The number of rotatable bonds is 5. The van der Waals surface area contributed by atoms with E-state index in [1.165, 1.54) is 0 Å². The second-order valence-corrected chi connectivity index (χ2v) is 6.75. The van der Waals surface area contributed by atoms with Crippen molar-refractivity contribution in [3.05, 3.63) is 36.4 Å². The number of hydrogen-bond acceptors (Lipinski definition) is 5. The molecular weight excluding hydrogens is 326 g/mol. The molecule has 6 heteroatoms. The van der Waals surface area contributed by atoms with Gasteiger partial charge in [-0.05, 0) is 13.3 Å². The zero-order chi connectivity index (χ0) is 18.5. The molecule has 1 amide bonds. The van der Waals surface area contributed by atoms with Crippen LogP contribution >= 0.6 is 0 Å². The Morgan fingerprint density at radius 3 is 2.46 bits per heavy atom. The Bertz CT molecular complexity index is 741. The van der Waals surface area contributed by atoms with Gasteiger partial charge in [0.05, 0.1) is 5.69 Å². The van der Waals surface area contributed by atoms with Crippen molar-refractivity contribution in [3.63, 3.8) is 0 Å². The van der Waals surface area contributed by atoms with Gasteiger partial charge in [0.1, 0.15) is 5.82 Å². The fourth-order valence-electron chi connectivity index (χ4n) is 2.98. The van der Waals surface area contributed by atoms with Gasteiger partial charge in [-0.15, -0.1) is 0 Å². The Morgan fingerprint density at radius 2 is 1.85 bits per heavy atom. The van der Waals surface area contributed by atoms with Gasteiger partial charge in [0.25, 0.3) is 0 Å². The summed E-state index contributed by atoms with van der Waals surface area (Å²) in [6.45, 7) is 8.84. The van der Waals surface area contributed by atoms with Crippen molar-refractivity contribution < 1.29 is 4.79 Å². The molecule has 1 aromatic heterocycles. The van der Waals surface area contributed by atoms with Crippen LogP contribution in [0.4, 0.5) is 11.8 Å². The molecule has 2 heterocycles. The molecule has 1 aliphatic heterocycles. The number of nitrogens with zero attached hydrogens (tertiary/aromatic N) is 4. The number of hydrogen-bond donors (Lipinski definition) is 1. The van der Waals surface area contributed by atoms with E-state index in [0.717, 1.165) is 42.5 Å². The van der Waals surface area contributed by atoms with E-state index in [1.54, 1.807) is 6.92 Å². The maximum atomic E-state index is 11.6. The van der Waals surface area contributed by atoms with E-state index in [2.05, 4.69) is 36.2 Å². The molecular formula is C20H27N5O. The average Bonchev–Trinajstić information content (AvgIpc) is 2.68. The van der Waals surface area contributed by atoms with E-state index in [-0.39, 0.29) is 5.91 Å². The summed E-state index contributed by atoms with van der Waals surface area (Å²) in [5.41, 5.74) is 1.99. The van der Waals surface area contributed by atoms with Gasteiger partial charge in [-0.2, -0.15) is 4.98 Å². The van der Waals surface area contributed by atoms with Gasteiger partial charge in [-0.1, -0.05) is 37.3 Å². The normalized spacial score (nSPS) is 15.7. The second-order valence-electron chi connectivity index (χ2n) is 6.75. The topological polar surface area (TPSA) is 61.4 Å². The summed E-state index contributed by atoms with van der Waals surface area (Å²) in [6, 6.07) is 12.5. The molecule has 1 saturated heterocycles. The zero-order valence-corrected chi connectivity index (χ0v) is 15.8. The fourth-order valence-corrected chi connectivity index (χ4v) is 2.98. The first-order valence-electron chi connectivity index (χ1n) is 9.28. The van der Waals surface area contributed by atoms with Crippen LogP contribution in [0.5, 0.6) is 0 Å². The first-order chi connectivity index (χ1) is 12.6. The van der Waals surface area contributed by atoms with Crippen molar-refractivity contribution in [1.82, 2.24) is 14.9 Å². The Kier molecular flexibility index (Phi) is 5.71. The third kappa shape index (κ3) is 4.31. The van der Waals surface area contributed by atoms with Gasteiger partial charge in [0.2, 0.25) is 11.9 Å². The van der Waals surface area contributed by atoms with Crippen LogP contribution in [-0.2, 0) is 4.79 Å². The predicted octanol–water partition coefficient (Wildman–Crippen LogP) is 3.02. The Hall–Kier alpha value is -2.63. The number of carbonyl (C=O) groups excluding carboxylic acids is 1. The molecule has 1 N–H and O–H groups in total. The summed E-state index contributed by atoms with van der Waals surface area (Å²) in [4.78, 5) is 25.1. The lowest BCUT2D eigenvalue weighted by molar-refractivity contribution is -0.129. The molecule has 0 aliphatic carbocycles. The predicted molar refractivity (Wildman–Crippen MR) is 105 cm³/mol. The summed E-state index contributed by atoms with van der Waals surface area (Å²) in [6.07, 6.45) is 1.03.